The topological polar surface area (TPSA) is 80.3 Å². The molecule has 0 spiro atoms. The van der Waals surface area contributed by atoms with Crippen LogP contribution >= 0.6 is 0 Å². The summed E-state index contributed by atoms with van der Waals surface area (Å²) in [6, 6.07) is 9.71. The fraction of sp³-hybridized carbons (Fsp3) is 0.476. The Bertz CT molecular complexity index is 945. The van der Waals surface area contributed by atoms with Crippen molar-refractivity contribution in [3.05, 3.63) is 42.7 Å². The lowest BCUT2D eigenvalue weighted by molar-refractivity contribution is 0.161. The SMILES string of the molecule is CC(C)S(=O)(=O)Nc1cncc(-c2ccccc2OC2CC3CNCC2C3)c1. The van der Waals surface area contributed by atoms with Crippen molar-refractivity contribution in [1.82, 2.24) is 10.3 Å². The molecule has 4 rings (SSSR count). The van der Waals surface area contributed by atoms with Gasteiger partial charge in [-0.1, -0.05) is 18.2 Å². The summed E-state index contributed by atoms with van der Waals surface area (Å²) in [5.41, 5.74) is 2.22. The van der Waals surface area contributed by atoms with Crippen molar-refractivity contribution in [1.29, 1.82) is 0 Å². The summed E-state index contributed by atoms with van der Waals surface area (Å²) in [4.78, 5) is 4.24. The van der Waals surface area contributed by atoms with Gasteiger partial charge in [0.25, 0.3) is 0 Å². The van der Waals surface area contributed by atoms with Gasteiger partial charge in [-0.05, 0) is 51.3 Å². The molecule has 7 heteroatoms. The van der Waals surface area contributed by atoms with E-state index in [1.165, 1.54) is 12.6 Å². The third kappa shape index (κ3) is 4.00. The zero-order chi connectivity index (χ0) is 19.7. The fourth-order valence-electron chi connectivity index (χ4n) is 4.09. The minimum Gasteiger partial charge on any atom is -0.489 e. The number of nitrogens with one attached hydrogen (secondary N) is 2. The van der Waals surface area contributed by atoms with Crippen LogP contribution in [-0.4, -0.2) is 37.8 Å². The molecule has 150 valence electrons. The van der Waals surface area contributed by atoms with Crippen LogP contribution in [0.2, 0.25) is 0 Å². The van der Waals surface area contributed by atoms with E-state index in [0.717, 1.165) is 36.4 Å². The smallest absolute Gasteiger partial charge is 0.235 e. The van der Waals surface area contributed by atoms with Gasteiger partial charge in [0.2, 0.25) is 10.0 Å². The zero-order valence-corrected chi connectivity index (χ0v) is 17.1. The molecule has 1 saturated carbocycles. The summed E-state index contributed by atoms with van der Waals surface area (Å²) in [6.45, 7) is 5.39. The van der Waals surface area contributed by atoms with E-state index >= 15 is 0 Å². The van der Waals surface area contributed by atoms with E-state index in [2.05, 4.69) is 15.0 Å². The Kier molecular flexibility index (Phi) is 5.29. The summed E-state index contributed by atoms with van der Waals surface area (Å²) in [5, 5.41) is 2.98. The van der Waals surface area contributed by atoms with E-state index in [-0.39, 0.29) is 6.10 Å². The molecule has 1 aliphatic heterocycles. The lowest BCUT2D eigenvalue weighted by Crippen LogP contribution is -2.34. The number of aromatic nitrogens is 1. The van der Waals surface area contributed by atoms with Crippen molar-refractivity contribution >= 4 is 15.7 Å². The van der Waals surface area contributed by atoms with Crippen LogP contribution in [0.5, 0.6) is 5.75 Å². The van der Waals surface area contributed by atoms with E-state index in [4.69, 9.17) is 4.74 Å². The lowest BCUT2D eigenvalue weighted by Gasteiger charge is -2.23. The first-order valence-corrected chi connectivity index (χ1v) is 11.4. The van der Waals surface area contributed by atoms with Crippen molar-refractivity contribution in [2.24, 2.45) is 11.8 Å². The highest BCUT2D eigenvalue weighted by molar-refractivity contribution is 7.93. The average molecular weight is 402 g/mol. The largest absolute Gasteiger partial charge is 0.489 e. The highest BCUT2D eigenvalue weighted by Gasteiger charge is 2.38. The molecule has 1 aromatic heterocycles. The van der Waals surface area contributed by atoms with Gasteiger partial charge < -0.3 is 10.1 Å². The van der Waals surface area contributed by atoms with Crippen molar-refractivity contribution in [2.75, 3.05) is 17.8 Å². The first-order chi connectivity index (χ1) is 13.4. The van der Waals surface area contributed by atoms with Crippen LogP contribution in [0, 0.1) is 11.8 Å². The third-order valence-corrected chi connectivity index (χ3v) is 7.42. The van der Waals surface area contributed by atoms with E-state index in [1.807, 2.05) is 30.3 Å². The molecule has 28 heavy (non-hydrogen) atoms. The standard InChI is InChI=1S/C21H27N3O3S/c1-14(2)28(25,26)24-18-9-16(11-23-13-18)19-5-3-4-6-20(19)27-21-8-15-7-17(21)12-22-10-15/h3-6,9,11,13-15,17,21-22,24H,7-8,10,12H2,1-2H3. The second-order valence-electron chi connectivity index (χ2n) is 8.07. The average Bonchev–Trinajstić information content (AvgIpc) is 2.94. The summed E-state index contributed by atoms with van der Waals surface area (Å²) >= 11 is 0. The van der Waals surface area contributed by atoms with E-state index in [9.17, 15) is 8.42 Å². The van der Waals surface area contributed by atoms with Gasteiger partial charge in [-0.25, -0.2) is 8.42 Å². The van der Waals surface area contributed by atoms with E-state index in [1.54, 1.807) is 20.0 Å². The van der Waals surface area contributed by atoms with Gasteiger partial charge in [-0.15, -0.1) is 0 Å². The molecule has 2 heterocycles. The number of piperidine rings is 1. The minimum absolute atomic E-state index is 0.219. The zero-order valence-electron chi connectivity index (χ0n) is 16.3. The molecular formula is C21H27N3O3S. The second-order valence-corrected chi connectivity index (χ2v) is 10.3. The first kappa shape index (κ1) is 19.2. The summed E-state index contributed by atoms with van der Waals surface area (Å²) < 4.78 is 33.4. The predicted octanol–water partition coefficient (Wildman–Crippen LogP) is 3.28. The Labute approximate surface area is 166 Å². The Morgan fingerprint density at radius 1 is 1.18 bits per heavy atom. The van der Waals surface area contributed by atoms with Gasteiger partial charge in [0.1, 0.15) is 11.9 Å². The minimum atomic E-state index is -3.42. The highest BCUT2D eigenvalue weighted by Crippen LogP contribution is 2.39. The van der Waals surface area contributed by atoms with E-state index < -0.39 is 15.3 Å². The van der Waals surface area contributed by atoms with Crippen LogP contribution in [0.25, 0.3) is 11.1 Å². The maximum absolute atomic E-state index is 12.2. The second kappa shape index (κ2) is 7.72. The molecule has 6 nitrogen and oxygen atoms in total. The van der Waals surface area contributed by atoms with Gasteiger partial charge >= 0.3 is 0 Å². The van der Waals surface area contributed by atoms with Crippen LogP contribution in [0.1, 0.15) is 26.7 Å². The summed E-state index contributed by atoms with van der Waals surface area (Å²) in [5.74, 6) is 2.08. The number of anilines is 1. The summed E-state index contributed by atoms with van der Waals surface area (Å²) in [7, 11) is -3.42. The van der Waals surface area contributed by atoms with Crippen LogP contribution < -0.4 is 14.8 Å². The molecule has 1 aliphatic carbocycles. The molecule has 3 atom stereocenters. The Hall–Kier alpha value is -2.12. The first-order valence-electron chi connectivity index (χ1n) is 9.86. The van der Waals surface area contributed by atoms with Crippen molar-refractivity contribution in [3.63, 3.8) is 0 Å². The maximum Gasteiger partial charge on any atom is 0.235 e. The maximum atomic E-state index is 12.2. The van der Waals surface area contributed by atoms with Crippen molar-refractivity contribution < 1.29 is 13.2 Å². The van der Waals surface area contributed by atoms with Crippen molar-refractivity contribution in [2.45, 2.75) is 38.0 Å². The molecule has 3 unspecified atom stereocenters. The number of benzene rings is 1. The Morgan fingerprint density at radius 3 is 2.79 bits per heavy atom. The van der Waals surface area contributed by atoms with Crippen LogP contribution in [0.3, 0.4) is 0 Å². The number of sulfonamides is 1. The monoisotopic (exact) mass is 401 g/mol. The number of ether oxygens (including phenoxy) is 1. The molecule has 0 radical (unpaired) electrons. The van der Waals surface area contributed by atoms with Gasteiger partial charge in [0.05, 0.1) is 17.1 Å². The number of nitrogens with zero attached hydrogens (tertiary/aromatic N) is 1. The number of hydrogen-bond acceptors (Lipinski definition) is 5. The molecule has 2 N–H and O–H groups in total. The van der Waals surface area contributed by atoms with Gasteiger partial charge in [-0.3, -0.25) is 9.71 Å². The van der Waals surface area contributed by atoms with Crippen LogP contribution in [0.4, 0.5) is 5.69 Å². The summed E-state index contributed by atoms with van der Waals surface area (Å²) in [6.07, 6.45) is 5.80. The Morgan fingerprint density at radius 2 is 2.00 bits per heavy atom. The number of para-hydroxylation sites is 1. The van der Waals surface area contributed by atoms with Gasteiger partial charge in [0, 0.05) is 29.8 Å². The molecule has 2 aliphatic rings. The number of hydrogen-bond donors (Lipinski definition) is 2. The quantitative estimate of drug-likeness (QED) is 0.776. The molecule has 0 amide bonds. The number of pyridine rings is 1. The lowest BCUT2D eigenvalue weighted by atomic mass is 10.0. The molecule has 2 bridgehead atoms. The van der Waals surface area contributed by atoms with Gasteiger partial charge in [-0.2, -0.15) is 0 Å². The number of fused-ring (bicyclic) bond motifs is 2. The molecule has 1 saturated heterocycles. The highest BCUT2D eigenvalue weighted by atomic mass is 32.2. The Balaban J connectivity index is 1.59. The molecule has 2 fully saturated rings. The molecule has 2 aromatic rings. The molecular weight excluding hydrogens is 374 g/mol. The van der Waals surface area contributed by atoms with E-state index in [0.29, 0.717) is 17.5 Å². The normalized spacial score (nSPS) is 24.3. The van der Waals surface area contributed by atoms with Crippen LogP contribution in [0.15, 0.2) is 42.7 Å². The predicted molar refractivity (Wildman–Crippen MR) is 111 cm³/mol. The molecule has 1 aromatic carbocycles. The van der Waals surface area contributed by atoms with Gasteiger partial charge in [0.15, 0.2) is 0 Å². The van der Waals surface area contributed by atoms with Crippen molar-refractivity contribution in [3.8, 4) is 16.9 Å². The number of rotatable bonds is 6. The van der Waals surface area contributed by atoms with Crippen LogP contribution in [-0.2, 0) is 10.0 Å². The fourth-order valence-corrected chi connectivity index (χ4v) is 4.77. The third-order valence-electron chi connectivity index (χ3n) is 5.66.